The van der Waals surface area contributed by atoms with Gasteiger partial charge in [-0.2, -0.15) is 9.97 Å². The highest BCUT2D eigenvalue weighted by Gasteiger charge is 2.45. The predicted molar refractivity (Wildman–Crippen MR) is 153 cm³/mol. The Morgan fingerprint density at radius 1 is 1.15 bits per heavy atom. The number of piperazine rings is 1. The summed E-state index contributed by atoms with van der Waals surface area (Å²) in [5.41, 5.74) is 0.273. The molecule has 7 rings (SSSR count). The smallest absolute Gasteiger partial charge is 0.318 e. The lowest BCUT2D eigenvalue weighted by Crippen LogP contribution is -2.61. The molecule has 0 amide bonds. The molecule has 0 radical (unpaired) electrons. The van der Waals surface area contributed by atoms with E-state index in [2.05, 4.69) is 37.1 Å². The molecule has 0 spiro atoms. The van der Waals surface area contributed by atoms with Crippen molar-refractivity contribution in [1.29, 1.82) is 0 Å². The SMILES string of the molecule is CN1CCCC1.COc1nc(N2CC3CCC(CO)(C2)N3)c2cnc(-c3cc(O)cc4ccccc34)c(F)c2n1. The molecule has 2 aromatic carbocycles. The van der Waals surface area contributed by atoms with Crippen LogP contribution in [0.4, 0.5) is 10.2 Å². The number of pyridine rings is 1. The van der Waals surface area contributed by atoms with Gasteiger partial charge in [0.2, 0.25) is 0 Å². The maximum atomic E-state index is 16.0. The molecule has 9 nitrogen and oxygen atoms in total. The fourth-order valence-electron chi connectivity index (χ4n) is 6.23. The highest BCUT2D eigenvalue weighted by molar-refractivity contribution is 5.99. The molecule has 2 atom stereocenters. The quantitative estimate of drug-likeness (QED) is 0.353. The van der Waals surface area contributed by atoms with Gasteiger partial charge in [0.1, 0.15) is 22.8 Å². The second-order valence-electron chi connectivity index (χ2n) is 11.1. The van der Waals surface area contributed by atoms with Crippen LogP contribution >= 0.6 is 0 Å². The normalized spacial score (nSPS) is 22.5. The van der Waals surface area contributed by atoms with Crippen molar-refractivity contribution in [3.05, 3.63) is 48.4 Å². The number of hydrogen-bond acceptors (Lipinski definition) is 9. The highest BCUT2D eigenvalue weighted by atomic mass is 19.1. The molecule has 5 heterocycles. The lowest BCUT2D eigenvalue weighted by molar-refractivity contribution is 0.166. The number of aromatic hydroxyl groups is 1. The van der Waals surface area contributed by atoms with E-state index >= 15 is 4.39 Å². The van der Waals surface area contributed by atoms with Gasteiger partial charge in [-0.1, -0.05) is 24.3 Å². The summed E-state index contributed by atoms with van der Waals surface area (Å²) < 4.78 is 21.3. The first-order valence-electron chi connectivity index (χ1n) is 13.8. The lowest BCUT2D eigenvalue weighted by atomic mass is 9.98. The third-order valence-corrected chi connectivity index (χ3v) is 8.28. The molecule has 0 aliphatic carbocycles. The minimum absolute atomic E-state index is 0.0154. The van der Waals surface area contributed by atoms with Crippen molar-refractivity contribution < 1.29 is 19.3 Å². The van der Waals surface area contributed by atoms with E-state index in [1.54, 1.807) is 12.3 Å². The third kappa shape index (κ3) is 4.91. The van der Waals surface area contributed by atoms with E-state index in [0.717, 1.165) is 23.6 Å². The number of methoxy groups -OCH3 is 1. The zero-order chi connectivity index (χ0) is 27.9. The van der Waals surface area contributed by atoms with Crippen LogP contribution in [0.25, 0.3) is 32.9 Å². The van der Waals surface area contributed by atoms with Crippen LogP contribution < -0.4 is 15.0 Å². The number of aliphatic hydroxyl groups is 1. The summed E-state index contributed by atoms with van der Waals surface area (Å²) in [6, 6.07) is 10.9. The number of hydrogen-bond donors (Lipinski definition) is 3. The molecule has 2 bridgehead atoms. The number of halogens is 1. The van der Waals surface area contributed by atoms with Crippen molar-refractivity contribution in [2.24, 2.45) is 0 Å². The minimum atomic E-state index is -0.606. The second-order valence-corrected chi connectivity index (χ2v) is 11.1. The van der Waals surface area contributed by atoms with Crippen molar-refractivity contribution >= 4 is 27.5 Å². The summed E-state index contributed by atoms with van der Waals surface area (Å²) in [5, 5.41) is 25.8. The number of aliphatic hydroxyl groups excluding tert-OH is 1. The minimum Gasteiger partial charge on any atom is -0.508 e. The first-order valence-corrected chi connectivity index (χ1v) is 13.8. The van der Waals surface area contributed by atoms with Gasteiger partial charge in [0.25, 0.3) is 0 Å². The number of likely N-dealkylation sites (tertiary alicyclic amines) is 1. The summed E-state index contributed by atoms with van der Waals surface area (Å²) in [4.78, 5) is 17.8. The average molecular weight is 547 g/mol. The molecule has 3 aliphatic heterocycles. The number of anilines is 1. The third-order valence-electron chi connectivity index (χ3n) is 8.28. The zero-order valence-electron chi connectivity index (χ0n) is 22.9. The van der Waals surface area contributed by atoms with Gasteiger partial charge in [-0.25, -0.2) is 4.39 Å². The van der Waals surface area contributed by atoms with Crippen LogP contribution in [0.2, 0.25) is 0 Å². The molecule has 2 unspecified atom stereocenters. The molecule has 3 aliphatic rings. The number of aromatic nitrogens is 3. The molecule has 10 heteroatoms. The summed E-state index contributed by atoms with van der Waals surface area (Å²) in [7, 11) is 3.62. The van der Waals surface area contributed by atoms with Gasteiger partial charge in [-0.05, 0) is 68.7 Å². The van der Waals surface area contributed by atoms with Gasteiger partial charge >= 0.3 is 6.01 Å². The number of ether oxygens (including phenoxy) is 1. The molecule has 3 saturated heterocycles. The van der Waals surface area contributed by atoms with E-state index in [9.17, 15) is 10.2 Å². The molecule has 3 fully saturated rings. The number of phenolic OH excluding ortho intramolecular Hbond substituents is 1. The fraction of sp³-hybridized carbons (Fsp3) is 0.433. The molecule has 4 aromatic rings. The Bertz CT molecular complexity index is 1550. The van der Waals surface area contributed by atoms with Crippen molar-refractivity contribution in [3.8, 4) is 23.0 Å². The molecular weight excluding hydrogens is 511 g/mol. The number of nitrogens with zero attached hydrogens (tertiary/aromatic N) is 5. The van der Waals surface area contributed by atoms with Gasteiger partial charge in [-0.3, -0.25) is 4.98 Å². The van der Waals surface area contributed by atoms with E-state index in [-0.39, 0.29) is 35.6 Å². The Kier molecular flexibility index (Phi) is 7.16. The number of benzene rings is 2. The Morgan fingerprint density at radius 3 is 2.67 bits per heavy atom. The Hall–Kier alpha value is -3.60. The summed E-state index contributed by atoms with van der Waals surface area (Å²) in [6.45, 7) is 3.87. The number of fused-ring (bicyclic) bond motifs is 4. The lowest BCUT2D eigenvalue weighted by Gasteiger charge is -2.41. The van der Waals surface area contributed by atoms with Crippen LogP contribution in [-0.2, 0) is 0 Å². The first-order chi connectivity index (χ1) is 19.4. The Balaban J connectivity index is 0.000000429. The maximum absolute atomic E-state index is 16.0. The number of nitrogens with one attached hydrogen (secondary N) is 1. The van der Waals surface area contributed by atoms with Crippen molar-refractivity contribution in [1.82, 2.24) is 25.2 Å². The van der Waals surface area contributed by atoms with Crippen LogP contribution in [0, 0.1) is 5.82 Å². The van der Waals surface area contributed by atoms with Crippen LogP contribution in [0.15, 0.2) is 42.6 Å². The van der Waals surface area contributed by atoms with E-state index in [0.29, 0.717) is 29.9 Å². The topological polar surface area (TPSA) is 107 Å². The van der Waals surface area contributed by atoms with Crippen molar-refractivity contribution in [2.45, 2.75) is 37.3 Å². The van der Waals surface area contributed by atoms with Crippen LogP contribution in [0.3, 0.4) is 0 Å². The Morgan fingerprint density at radius 2 is 1.95 bits per heavy atom. The predicted octanol–water partition coefficient (Wildman–Crippen LogP) is 3.71. The largest absolute Gasteiger partial charge is 0.508 e. The van der Waals surface area contributed by atoms with E-state index < -0.39 is 11.4 Å². The molecule has 210 valence electrons. The summed E-state index contributed by atoms with van der Waals surface area (Å²) in [5.74, 6) is -0.0430. The number of rotatable bonds is 4. The molecule has 0 saturated carbocycles. The maximum Gasteiger partial charge on any atom is 0.318 e. The van der Waals surface area contributed by atoms with Crippen molar-refractivity contribution in [3.63, 3.8) is 0 Å². The second kappa shape index (κ2) is 10.8. The van der Waals surface area contributed by atoms with Gasteiger partial charge < -0.3 is 30.1 Å². The van der Waals surface area contributed by atoms with Gasteiger partial charge in [-0.15, -0.1) is 0 Å². The Labute approximate surface area is 232 Å². The van der Waals surface area contributed by atoms with Crippen molar-refractivity contribution in [2.75, 3.05) is 51.8 Å². The zero-order valence-corrected chi connectivity index (χ0v) is 22.9. The summed E-state index contributed by atoms with van der Waals surface area (Å²) in [6.07, 6.45) is 6.23. The van der Waals surface area contributed by atoms with Gasteiger partial charge in [0, 0.05) is 30.9 Å². The van der Waals surface area contributed by atoms with Crippen LogP contribution in [-0.4, -0.2) is 88.6 Å². The molecule has 40 heavy (non-hydrogen) atoms. The standard InChI is InChI=1S/C25H24FN5O3.C5H11N/c1-34-24-28-22-19(23(29-24)31-11-15-6-7-25(12-31,13-32)30-15)10-27-21(20(22)26)18-9-16(33)8-14-4-2-3-5-17(14)18;1-6-4-2-3-5-6/h2-5,8-10,15,30,32-33H,6-7,11-13H2,1H3;2-5H2,1H3. The van der Waals surface area contributed by atoms with Gasteiger partial charge in [0.05, 0.1) is 24.6 Å². The fourth-order valence-corrected chi connectivity index (χ4v) is 6.23. The molecule has 3 N–H and O–H groups in total. The van der Waals surface area contributed by atoms with Crippen LogP contribution in [0.1, 0.15) is 25.7 Å². The van der Waals surface area contributed by atoms with E-state index in [1.807, 2.05) is 24.3 Å². The van der Waals surface area contributed by atoms with Crippen LogP contribution in [0.5, 0.6) is 11.8 Å². The molecule has 2 aromatic heterocycles. The van der Waals surface area contributed by atoms with E-state index in [4.69, 9.17) is 4.74 Å². The molecular formula is C30H35FN6O3. The highest BCUT2D eigenvalue weighted by Crippen LogP contribution is 2.38. The first kappa shape index (κ1) is 26.6. The summed E-state index contributed by atoms with van der Waals surface area (Å²) >= 11 is 0. The van der Waals surface area contributed by atoms with E-state index in [1.165, 1.54) is 39.1 Å². The average Bonchev–Trinajstić information content (AvgIpc) is 3.58. The number of phenols is 1. The monoisotopic (exact) mass is 546 g/mol. The van der Waals surface area contributed by atoms with Gasteiger partial charge in [0.15, 0.2) is 5.82 Å².